The van der Waals surface area contributed by atoms with E-state index in [0.29, 0.717) is 19.6 Å². The molecule has 4 nitrogen and oxygen atoms in total. The smallest absolute Gasteiger partial charge is 0.303 e. The topological polar surface area (TPSA) is 52.6 Å². The molecule has 1 aliphatic heterocycles. The molecule has 0 unspecified atom stereocenters. The van der Waals surface area contributed by atoms with Gasteiger partial charge in [0.05, 0.1) is 13.2 Å². The normalized spacial score (nSPS) is 22.6. The SMILES string of the molecule is CC(C)C(=O)P1(=O)OCCCO1. The summed E-state index contributed by atoms with van der Waals surface area (Å²) in [7, 11) is -3.40. The van der Waals surface area contributed by atoms with Crippen molar-refractivity contribution in [3.8, 4) is 0 Å². The largest absolute Gasteiger partial charge is 0.396 e. The number of hydrogen-bond acceptors (Lipinski definition) is 4. The highest BCUT2D eigenvalue weighted by molar-refractivity contribution is 7.71. The Bertz CT molecular complexity index is 213. The lowest BCUT2D eigenvalue weighted by molar-refractivity contribution is -0.117. The van der Waals surface area contributed by atoms with Gasteiger partial charge in [-0.05, 0) is 6.42 Å². The van der Waals surface area contributed by atoms with Crippen molar-refractivity contribution in [3.63, 3.8) is 0 Å². The highest BCUT2D eigenvalue weighted by atomic mass is 31.2. The van der Waals surface area contributed by atoms with Gasteiger partial charge in [-0.3, -0.25) is 9.36 Å². The fourth-order valence-electron chi connectivity index (χ4n) is 0.909. The van der Waals surface area contributed by atoms with Gasteiger partial charge in [0.1, 0.15) is 0 Å². The predicted molar refractivity (Wildman–Crippen MR) is 44.0 cm³/mol. The fraction of sp³-hybridized carbons (Fsp3) is 0.857. The summed E-state index contributed by atoms with van der Waals surface area (Å²) in [5.74, 6) is -0.297. The molecule has 0 aromatic heterocycles. The standard InChI is InChI=1S/C7H13O4P/c1-6(2)7(8)12(9)10-4-3-5-11-12/h6H,3-5H2,1-2H3. The maximum atomic E-state index is 11.6. The van der Waals surface area contributed by atoms with E-state index in [1.807, 2.05) is 0 Å². The molecule has 0 atom stereocenters. The minimum absolute atomic E-state index is 0.297. The molecule has 0 saturated carbocycles. The van der Waals surface area contributed by atoms with E-state index in [4.69, 9.17) is 9.05 Å². The Hall–Kier alpha value is -0.180. The first-order chi connectivity index (χ1) is 5.56. The quantitative estimate of drug-likeness (QED) is 0.626. The molecule has 1 aliphatic rings. The van der Waals surface area contributed by atoms with Gasteiger partial charge in [-0.1, -0.05) is 13.8 Å². The van der Waals surface area contributed by atoms with Gasteiger partial charge < -0.3 is 9.05 Å². The van der Waals surface area contributed by atoms with Crippen molar-refractivity contribution in [2.75, 3.05) is 13.2 Å². The van der Waals surface area contributed by atoms with E-state index in [0.717, 1.165) is 0 Å². The Morgan fingerprint density at radius 3 is 2.25 bits per heavy atom. The second-order valence-electron chi connectivity index (χ2n) is 3.01. The van der Waals surface area contributed by atoms with Gasteiger partial charge in [0.2, 0.25) is 5.52 Å². The average Bonchev–Trinajstić information content (AvgIpc) is 2.04. The summed E-state index contributed by atoms with van der Waals surface area (Å²) in [5, 5.41) is 0. The summed E-state index contributed by atoms with van der Waals surface area (Å²) >= 11 is 0. The van der Waals surface area contributed by atoms with Crippen LogP contribution in [0.4, 0.5) is 0 Å². The lowest BCUT2D eigenvalue weighted by Crippen LogP contribution is -2.17. The number of rotatable bonds is 2. The third-order valence-electron chi connectivity index (χ3n) is 1.57. The van der Waals surface area contributed by atoms with Crippen molar-refractivity contribution in [3.05, 3.63) is 0 Å². The first-order valence-corrected chi connectivity index (χ1v) is 5.54. The van der Waals surface area contributed by atoms with Crippen LogP contribution in [0.2, 0.25) is 0 Å². The molecule has 0 spiro atoms. The van der Waals surface area contributed by atoms with Crippen LogP contribution in [-0.4, -0.2) is 18.7 Å². The molecule has 5 heteroatoms. The van der Waals surface area contributed by atoms with Gasteiger partial charge >= 0.3 is 7.60 Å². The van der Waals surface area contributed by atoms with Crippen LogP contribution >= 0.6 is 7.60 Å². The summed E-state index contributed by atoms with van der Waals surface area (Å²) in [5.41, 5.74) is -0.415. The monoisotopic (exact) mass is 192 g/mol. The second-order valence-corrected chi connectivity index (χ2v) is 4.96. The molecule has 1 rings (SSSR count). The number of carbonyl (C=O) groups excluding carboxylic acids is 1. The van der Waals surface area contributed by atoms with Gasteiger partial charge in [0.15, 0.2) is 0 Å². The lowest BCUT2D eigenvalue weighted by Gasteiger charge is -2.22. The van der Waals surface area contributed by atoms with E-state index >= 15 is 0 Å². The zero-order valence-corrected chi connectivity index (χ0v) is 8.17. The Balaban J connectivity index is 2.70. The number of hydrogen-bond donors (Lipinski definition) is 0. The summed E-state index contributed by atoms with van der Waals surface area (Å²) in [6.07, 6.45) is 0.704. The van der Waals surface area contributed by atoms with Crippen molar-refractivity contribution in [2.45, 2.75) is 20.3 Å². The fourth-order valence-corrected chi connectivity index (χ4v) is 2.61. The highest BCUT2D eigenvalue weighted by Crippen LogP contribution is 2.52. The molecule has 0 aliphatic carbocycles. The summed E-state index contributed by atoms with van der Waals surface area (Å²) in [6.45, 7) is 4.08. The lowest BCUT2D eigenvalue weighted by atomic mass is 10.3. The molecule has 1 fully saturated rings. The first kappa shape index (κ1) is 9.90. The van der Waals surface area contributed by atoms with Crippen molar-refractivity contribution in [1.29, 1.82) is 0 Å². The van der Waals surface area contributed by atoms with E-state index in [2.05, 4.69) is 0 Å². The molecule has 0 aromatic carbocycles. The van der Waals surface area contributed by atoms with Gasteiger partial charge in [-0.25, -0.2) is 0 Å². The molecule has 0 amide bonds. The third kappa shape index (κ3) is 1.94. The summed E-state index contributed by atoms with van der Waals surface area (Å²) in [6, 6.07) is 0. The van der Waals surface area contributed by atoms with E-state index in [1.165, 1.54) is 0 Å². The minimum Gasteiger partial charge on any atom is -0.303 e. The van der Waals surface area contributed by atoms with Crippen LogP contribution in [-0.2, 0) is 18.4 Å². The molecule has 0 N–H and O–H groups in total. The Labute approximate surface area is 71.8 Å². The molecule has 0 aromatic rings. The Morgan fingerprint density at radius 2 is 1.83 bits per heavy atom. The third-order valence-corrected chi connectivity index (χ3v) is 3.68. The molecular weight excluding hydrogens is 179 g/mol. The zero-order valence-electron chi connectivity index (χ0n) is 7.28. The average molecular weight is 192 g/mol. The molecule has 0 bridgehead atoms. The predicted octanol–water partition coefficient (Wildman–Crippen LogP) is 1.80. The van der Waals surface area contributed by atoms with Crippen LogP contribution in [0.1, 0.15) is 20.3 Å². The summed E-state index contributed by atoms with van der Waals surface area (Å²) < 4.78 is 21.3. The van der Waals surface area contributed by atoms with E-state index in [-0.39, 0.29) is 5.92 Å². The van der Waals surface area contributed by atoms with Gasteiger partial charge in [-0.15, -0.1) is 0 Å². The first-order valence-electron chi connectivity index (χ1n) is 4.00. The van der Waals surface area contributed by atoms with Gasteiger partial charge in [0, 0.05) is 5.92 Å². The van der Waals surface area contributed by atoms with E-state index < -0.39 is 13.1 Å². The maximum absolute atomic E-state index is 11.6. The zero-order chi connectivity index (χ0) is 9.19. The van der Waals surface area contributed by atoms with E-state index in [9.17, 15) is 9.36 Å². The van der Waals surface area contributed by atoms with Crippen LogP contribution in [0.3, 0.4) is 0 Å². The van der Waals surface area contributed by atoms with Crippen LogP contribution in [0.15, 0.2) is 0 Å². The molecule has 1 heterocycles. The maximum Gasteiger partial charge on any atom is 0.396 e. The molecule has 0 radical (unpaired) electrons. The van der Waals surface area contributed by atoms with E-state index in [1.54, 1.807) is 13.8 Å². The highest BCUT2D eigenvalue weighted by Gasteiger charge is 2.38. The van der Waals surface area contributed by atoms with Crippen LogP contribution in [0.25, 0.3) is 0 Å². The minimum atomic E-state index is -3.40. The molecule has 70 valence electrons. The van der Waals surface area contributed by atoms with Crippen molar-refractivity contribution >= 4 is 13.1 Å². The Kier molecular flexibility index (Phi) is 3.04. The van der Waals surface area contributed by atoms with Gasteiger partial charge in [-0.2, -0.15) is 0 Å². The second kappa shape index (κ2) is 3.69. The van der Waals surface area contributed by atoms with Crippen LogP contribution in [0, 0.1) is 5.92 Å². The number of carbonyl (C=O) groups is 1. The molecule has 1 saturated heterocycles. The molecule has 12 heavy (non-hydrogen) atoms. The summed E-state index contributed by atoms with van der Waals surface area (Å²) in [4.78, 5) is 11.3. The van der Waals surface area contributed by atoms with Crippen LogP contribution in [0.5, 0.6) is 0 Å². The van der Waals surface area contributed by atoms with Crippen LogP contribution < -0.4 is 0 Å². The Morgan fingerprint density at radius 1 is 1.33 bits per heavy atom. The van der Waals surface area contributed by atoms with Crippen molar-refractivity contribution in [1.82, 2.24) is 0 Å². The van der Waals surface area contributed by atoms with Crippen molar-refractivity contribution in [2.24, 2.45) is 5.92 Å². The van der Waals surface area contributed by atoms with Crippen molar-refractivity contribution < 1.29 is 18.4 Å². The molecular formula is C7H13O4P. The van der Waals surface area contributed by atoms with Gasteiger partial charge in [0.25, 0.3) is 0 Å².